The van der Waals surface area contributed by atoms with E-state index in [0.29, 0.717) is 11.9 Å². The van der Waals surface area contributed by atoms with Gasteiger partial charge in [-0.25, -0.2) is 0 Å². The minimum Gasteiger partial charge on any atom is -0.408 e. The van der Waals surface area contributed by atoms with Crippen LogP contribution in [0, 0.1) is 0 Å². The van der Waals surface area contributed by atoms with Gasteiger partial charge in [-0.15, -0.1) is 5.10 Å². The smallest absolute Gasteiger partial charge is 0.318 e. The van der Waals surface area contributed by atoms with E-state index in [1.54, 1.807) is 6.92 Å². The summed E-state index contributed by atoms with van der Waals surface area (Å²) in [4.78, 5) is 15.3. The van der Waals surface area contributed by atoms with Gasteiger partial charge < -0.3 is 14.2 Å². The normalized spacial score (nSPS) is 16.8. The number of carbonyl (C=O) groups excluding carboxylic acids is 1. The number of anilines is 1. The highest BCUT2D eigenvalue weighted by atomic mass is 16.4. The van der Waals surface area contributed by atoms with Crippen molar-refractivity contribution in [2.45, 2.75) is 33.1 Å². The second-order valence-corrected chi connectivity index (χ2v) is 4.58. The standard InChI is InChI=1S/C12H20N4O2/c1-3-5-11-13-14-12(18-11)16-7-4-6-15(8-9-16)10(2)17/h3-9H2,1-2H3. The van der Waals surface area contributed by atoms with Crippen molar-refractivity contribution < 1.29 is 9.21 Å². The Morgan fingerprint density at radius 3 is 2.83 bits per heavy atom. The van der Waals surface area contributed by atoms with Gasteiger partial charge in [0, 0.05) is 39.5 Å². The van der Waals surface area contributed by atoms with Crippen LogP contribution < -0.4 is 4.90 Å². The molecule has 1 aromatic heterocycles. The molecule has 0 aliphatic carbocycles. The molecule has 100 valence electrons. The molecule has 1 aromatic rings. The van der Waals surface area contributed by atoms with Crippen molar-refractivity contribution in [1.82, 2.24) is 15.1 Å². The van der Waals surface area contributed by atoms with Crippen LogP contribution in [0.25, 0.3) is 0 Å². The van der Waals surface area contributed by atoms with E-state index in [1.807, 2.05) is 4.90 Å². The lowest BCUT2D eigenvalue weighted by Crippen LogP contribution is -2.33. The summed E-state index contributed by atoms with van der Waals surface area (Å²) in [7, 11) is 0. The number of carbonyl (C=O) groups is 1. The van der Waals surface area contributed by atoms with Crippen LogP contribution in [-0.4, -0.2) is 47.2 Å². The average molecular weight is 252 g/mol. The van der Waals surface area contributed by atoms with E-state index in [0.717, 1.165) is 45.4 Å². The molecule has 6 nitrogen and oxygen atoms in total. The van der Waals surface area contributed by atoms with Crippen molar-refractivity contribution in [3.8, 4) is 0 Å². The van der Waals surface area contributed by atoms with Crippen LogP contribution in [0.1, 0.15) is 32.6 Å². The van der Waals surface area contributed by atoms with Crippen molar-refractivity contribution in [3.05, 3.63) is 5.89 Å². The first kappa shape index (κ1) is 12.9. The van der Waals surface area contributed by atoms with E-state index in [2.05, 4.69) is 22.0 Å². The van der Waals surface area contributed by atoms with Gasteiger partial charge in [0.25, 0.3) is 0 Å². The maximum absolute atomic E-state index is 11.3. The van der Waals surface area contributed by atoms with E-state index >= 15 is 0 Å². The lowest BCUT2D eigenvalue weighted by Gasteiger charge is -2.19. The van der Waals surface area contributed by atoms with Gasteiger partial charge in [0.05, 0.1) is 0 Å². The Bertz CT molecular complexity index is 405. The van der Waals surface area contributed by atoms with E-state index in [9.17, 15) is 4.79 Å². The molecule has 1 aliphatic rings. The van der Waals surface area contributed by atoms with Crippen LogP contribution in [0.5, 0.6) is 0 Å². The maximum Gasteiger partial charge on any atom is 0.318 e. The quantitative estimate of drug-likeness (QED) is 0.805. The fourth-order valence-corrected chi connectivity index (χ4v) is 2.11. The lowest BCUT2D eigenvalue weighted by molar-refractivity contribution is -0.128. The Labute approximate surface area is 107 Å². The molecule has 0 bridgehead atoms. The molecule has 0 radical (unpaired) electrons. The molecule has 2 heterocycles. The predicted molar refractivity (Wildman–Crippen MR) is 67.4 cm³/mol. The summed E-state index contributed by atoms with van der Waals surface area (Å²) in [5, 5.41) is 8.10. The van der Waals surface area contributed by atoms with E-state index in [-0.39, 0.29) is 5.91 Å². The van der Waals surface area contributed by atoms with Crippen molar-refractivity contribution in [2.24, 2.45) is 0 Å². The number of hydrogen-bond acceptors (Lipinski definition) is 5. The van der Waals surface area contributed by atoms with Crippen LogP contribution in [0.2, 0.25) is 0 Å². The Balaban J connectivity index is 1.98. The van der Waals surface area contributed by atoms with Crippen LogP contribution >= 0.6 is 0 Å². The number of rotatable bonds is 3. The largest absolute Gasteiger partial charge is 0.408 e. The van der Waals surface area contributed by atoms with E-state index < -0.39 is 0 Å². The molecular weight excluding hydrogens is 232 g/mol. The summed E-state index contributed by atoms with van der Waals surface area (Å²) in [5.41, 5.74) is 0. The molecule has 1 aliphatic heterocycles. The third kappa shape index (κ3) is 3.00. The van der Waals surface area contributed by atoms with Crippen molar-refractivity contribution in [3.63, 3.8) is 0 Å². The number of aromatic nitrogens is 2. The second kappa shape index (κ2) is 5.84. The zero-order valence-electron chi connectivity index (χ0n) is 11.1. The highest BCUT2D eigenvalue weighted by Gasteiger charge is 2.20. The number of nitrogens with zero attached hydrogens (tertiary/aromatic N) is 4. The van der Waals surface area contributed by atoms with Crippen LogP contribution in [-0.2, 0) is 11.2 Å². The van der Waals surface area contributed by atoms with Crippen LogP contribution in [0.15, 0.2) is 4.42 Å². The van der Waals surface area contributed by atoms with E-state index in [1.165, 1.54) is 0 Å². The minimum atomic E-state index is 0.133. The van der Waals surface area contributed by atoms with Crippen LogP contribution in [0.4, 0.5) is 6.01 Å². The first-order chi connectivity index (χ1) is 8.70. The zero-order valence-corrected chi connectivity index (χ0v) is 11.1. The van der Waals surface area contributed by atoms with Gasteiger partial charge in [-0.2, -0.15) is 0 Å². The average Bonchev–Trinajstić information content (AvgIpc) is 2.65. The van der Waals surface area contributed by atoms with E-state index in [4.69, 9.17) is 4.42 Å². The molecule has 18 heavy (non-hydrogen) atoms. The fraction of sp³-hybridized carbons (Fsp3) is 0.750. The molecule has 1 fully saturated rings. The third-order valence-corrected chi connectivity index (χ3v) is 3.13. The molecule has 6 heteroatoms. The van der Waals surface area contributed by atoms with Gasteiger partial charge in [0.2, 0.25) is 11.8 Å². The Morgan fingerprint density at radius 2 is 2.11 bits per heavy atom. The molecule has 0 aromatic carbocycles. The minimum absolute atomic E-state index is 0.133. The molecule has 1 amide bonds. The number of aryl methyl sites for hydroxylation is 1. The molecule has 1 saturated heterocycles. The van der Waals surface area contributed by atoms with Crippen molar-refractivity contribution in [1.29, 1.82) is 0 Å². The second-order valence-electron chi connectivity index (χ2n) is 4.58. The summed E-state index contributed by atoms with van der Waals surface area (Å²) in [6.45, 7) is 6.84. The predicted octanol–water partition coefficient (Wildman–Crippen LogP) is 1.08. The SMILES string of the molecule is CCCc1nnc(N2CCCN(C(C)=O)CC2)o1. The molecule has 0 spiro atoms. The highest BCUT2D eigenvalue weighted by molar-refractivity contribution is 5.73. The summed E-state index contributed by atoms with van der Waals surface area (Å²) in [6.07, 6.45) is 2.76. The van der Waals surface area contributed by atoms with Gasteiger partial charge in [-0.05, 0) is 12.8 Å². The Kier molecular flexibility index (Phi) is 4.17. The number of amides is 1. The first-order valence-electron chi connectivity index (χ1n) is 6.53. The Hall–Kier alpha value is -1.59. The van der Waals surface area contributed by atoms with Gasteiger partial charge in [0.1, 0.15) is 0 Å². The first-order valence-corrected chi connectivity index (χ1v) is 6.53. The summed E-state index contributed by atoms with van der Waals surface area (Å²) < 4.78 is 5.62. The molecule has 0 atom stereocenters. The van der Waals surface area contributed by atoms with Crippen molar-refractivity contribution >= 4 is 11.9 Å². The highest BCUT2D eigenvalue weighted by Crippen LogP contribution is 2.15. The number of hydrogen-bond donors (Lipinski definition) is 0. The van der Waals surface area contributed by atoms with Gasteiger partial charge in [-0.3, -0.25) is 4.79 Å². The van der Waals surface area contributed by atoms with Gasteiger partial charge in [0.15, 0.2) is 0 Å². The van der Waals surface area contributed by atoms with Crippen molar-refractivity contribution in [2.75, 3.05) is 31.1 Å². The molecule has 0 unspecified atom stereocenters. The summed E-state index contributed by atoms with van der Waals surface area (Å²) >= 11 is 0. The monoisotopic (exact) mass is 252 g/mol. The zero-order chi connectivity index (χ0) is 13.0. The molecule has 0 N–H and O–H groups in total. The van der Waals surface area contributed by atoms with Gasteiger partial charge in [-0.1, -0.05) is 12.0 Å². The third-order valence-electron chi connectivity index (χ3n) is 3.13. The fourth-order valence-electron chi connectivity index (χ4n) is 2.11. The lowest BCUT2D eigenvalue weighted by atomic mass is 10.3. The molecule has 2 rings (SSSR count). The van der Waals surface area contributed by atoms with Crippen LogP contribution in [0.3, 0.4) is 0 Å². The summed E-state index contributed by atoms with van der Waals surface area (Å²) in [6, 6.07) is 0.587. The topological polar surface area (TPSA) is 62.5 Å². The summed E-state index contributed by atoms with van der Waals surface area (Å²) in [5.74, 6) is 0.828. The molecule has 0 saturated carbocycles. The maximum atomic E-state index is 11.3. The van der Waals surface area contributed by atoms with Gasteiger partial charge >= 0.3 is 6.01 Å². The Morgan fingerprint density at radius 1 is 1.28 bits per heavy atom. The molecular formula is C12H20N4O2.